The summed E-state index contributed by atoms with van der Waals surface area (Å²) in [5.41, 5.74) is 1.92. The van der Waals surface area contributed by atoms with E-state index in [0.717, 1.165) is 17.2 Å². The number of hydrogen-bond acceptors (Lipinski definition) is 3. The Hall–Kier alpha value is -3.09. The van der Waals surface area contributed by atoms with Gasteiger partial charge in [-0.2, -0.15) is 0 Å². The summed E-state index contributed by atoms with van der Waals surface area (Å²) in [6.07, 6.45) is 0.764. The van der Waals surface area contributed by atoms with Crippen molar-refractivity contribution in [3.05, 3.63) is 75.8 Å². The number of amides is 3. The van der Waals surface area contributed by atoms with Gasteiger partial charge in [-0.3, -0.25) is 19.3 Å². The molecule has 0 saturated carbocycles. The SMILES string of the molecule is CCC(C)NC(=O)C(C)N(Cc1ccc(Cl)cc1Cl)C(=O)CN1C(=O)c2cccc3cccc1c23. The Labute approximate surface area is 214 Å². The van der Waals surface area contributed by atoms with Crippen molar-refractivity contribution in [3.8, 4) is 0 Å². The van der Waals surface area contributed by atoms with Gasteiger partial charge in [0.25, 0.3) is 5.91 Å². The Kier molecular flexibility index (Phi) is 7.33. The summed E-state index contributed by atoms with van der Waals surface area (Å²) >= 11 is 12.4. The van der Waals surface area contributed by atoms with Gasteiger partial charge in [-0.15, -0.1) is 0 Å². The molecule has 1 aliphatic heterocycles. The van der Waals surface area contributed by atoms with Gasteiger partial charge in [0.05, 0.1) is 5.69 Å². The van der Waals surface area contributed by atoms with E-state index in [4.69, 9.17) is 23.2 Å². The third-order valence-electron chi connectivity index (χ3n) is 6.47. The minimum atomic E-state index is -0.779. The summed E-state index contributed by atoms with van der Waals surface area (Å²) in [6, 6.07) is 15.4. The molecule has 2 atom stereocenters. The fourth-order valence-corrected chi connectivity index (χ4v) is 4.71. The van der Waals surface area contributed by atoms with Gasteiger partial charge in [0.1, 0.15) is 12.6 Å². The molecule has 3 aromatic rings. The van der Waals surface area contributed by atoms with Crippen molar-refractivity contribution >= 4 is 57.4 Å². The molecule has 0 bridgehead atoms. The number of hydrogen-bond donors (Lipinski definition) is 1. The maximum Gasteiger partial charge on any atom is 0.259 e. The van der Waals surface area contributed by atoms with Gasteiger partial charge in [0.15, 0.2) is 0 Å². The first kappa shape index (κ1) is 25.0. The topological polar surface area (TPSA) is 69.7 Å². The molecule has 0 radical (unpaired) electrons. The maximum absolute atomic E-state index is 13.7. The maximum atomic E-state index is 13.7. The minimum absolute atomic E-state index is 0.0340. The predicted molar refractivity (Wildman–Crippen MR) is 140 cm³/mol. The van der Waals surface area contributed by atoms with Gasteiger partial charge >= 0.3 is 0 Å². The number of nitrogens with zero attached hydrogens (tertiary/aromatic N) is 2. The molecule has 2 unspecified atom stereocenters. The van der Waals surface area contributed by atoms with Crippen molar-refractivity contribution in [1.82, 2.24) is 10.2 Å². The van der Waals surface area contributed by atoms with E-state index in [2.05, 4.69) is 5.32 Å². The van der Waals surface area contributed by atoms with Gasteiger partial charge in [-0.1, -0.05) is 60.5 Å². The Morgan fingerprint density at radius 2 is 1.77 bits per heavy atom. The molecule has 0 spiro atoms. The molecule has 0 aromatic heterocycles. The largest absolute Gasteiger partial charge is 0.352 e. The molecule has 1 N–H and O–H groups in total. The molecule has 6 nitrogen and oxygen atoms in total. The van der Waals surface area contributed by atoms with Crippen LogP contribution in [0.4, 0.5) is 5.69 Å². The van der Waals surface area contributed by atoms with Gasteiger partial charge < -0.3 is 10.2 Å². The monoisotopic (exact) mass is 511 g/mol. The lowest BCUT2D eigenvalue weighted by atomic mass is 10.1. The molecule has 0 fully saturated rings. The number of anilines is 1. The predicted octanol–water partition coefficient (Wildman–Crippen LogP) is 5.44. The van der Waals surface area contributed by atoms with E-state index in [-0.39, 0.29) is 36.9 Å². The Morgan fingerprint density at radius 1 is 1.06 bits per heavy atom. The van der Waals surface area contributed by atoms with Crippen molar-refractivity contribution in [3.63, 3.8) is 0 Å². The van der Waals surface area contributed by atoms with Crippen LogP contribution in [0.1, 0.15) is 43.1 Å². The van der Waals surface area contributed by atoms with Crippen LogP contribution in [0.3, 0.4) is 0 Å². The van der Waals surface area contributed by atoms with E-state index >= 15 is 0 Å². The van der Waals surface area contributed by atoms with Gasteiger partial charge in [-0.05, 0) is 55.5 Å². The lowest BCUT2D eigenvalue weighted by Crippen LogP contribution is -2.52. The number of rotatable bonds is 8. The van der Waals surface area contributed by atoms with Crippen LogP contribution < -0.4 is 10.2 Å². The molecule has 3 amide bonds. The molecule has 1 heterocycles. The number of carbonyl (C=O) groups is 3. The minimum Gasteiger partial charge on any atom is -0.352 e. The van der Waals surface area contributed by atoms with E-state index in [1.165, 1.54) is 9.80 Å². The fraction of sp³-hybridized carbons (Fsp3) is 0.296. The fourth-order valence-electron chi connectivity index (χ4n) is 4.24. The highest BCUT2D eigenvalue weighted by Gasteiger charge is 2.34. The van der Waals surface area contributed by atoms with E-state index in [0.29, 0.717) is 26.9 Å². The molecular formula is C27H27Cl2N3O3. The van der Waals surface area contributed by atoms with Crippen LogP contribution in [-0.4, -0.2) is 41.2 Å². The number of halogens is 2. The lowest BCUT2D eigenvalue weighted by Gasteiger charge is -2.31. The molecule has 35 heavy (non-hydrogen) atoms. The number of nitrogens with one attached hydrogen (secondary N) is 1. The third kappa shape index (κ3) is 5.00. The number of benzene rings is 3. The van der Waals surface area contributed by atoms with Gasteiger partial charge in [0.2, 0.25) is 11.8 Å². The normalized spacial score (nSPS) is 14.2. The van der Waals surface area contributed by atoms with E-state index in [1.807, 2.05) is 44.2 Å². The van der Waals surface area contributed by atoms with Crippen LogP contribution in [0, 0.1) is 0 Å². The summed E-state index contributed by atoms with van der Waals surface area (Å²) in [7, 11) is 0. The first-order valence-corrected chi connectivity index (χ1v) is 12.3. The van der Waals surface area contributed by atoms with Gasteiger partial charge in [0, 0.05) is 33.6 Å². The van der Waals surface area contributed by atoms with Crippen LogP contribution >= 0.6 is 23.2 Å². The van der Waals surface area contributed by atoms with Crippen molar-refractivity contribution in [2.75, 3.05) is 11.4 Å². The smallest absolute Gasteiger partial charge is 0.259 e. The summed E-state index contributed by atoms with van der Waals surface area (Å²) in [6.45, 7) is 5.47. The molecule has 1 aliphatic rings. The first-order chi connectivity index (χ1) is 16.7. The van der Waals surface area contributed by atoms with Crippen molar-refractivity contribution in [2.24, 2.45) is 0 Å². The second-order valence-corrected chi connectivity index (χ2v) is 9.67. The highest BCUT2D eigenvalue weighted by atomic mass is 35.5. The standard InChI is InChI=1S/C27H27Cl2N3O3/c1-4-16(2)30-26(34)17(3)31(14-19-11-12-20(28)13-22(19)29)24(33)15-32-23-10-6-8-18-7-5-9-21(25(18)23)27(32)35/h5-13,16-17H,4,14-15H2,1-3H3,(H,30,34). The average Bonchev–Trinajstić information content (AvgIpc) is 3.11. The average molecular weight is 512 g/mol. The summed E-state index contributed by atoms with van der Waals surface area (Å²) in [4.78, 5) is 42.8. The van der Waals surface area contributed by atoms with E-state index in [9.17, 15) is 14.4 Å². The zero-order valence-corrected chi connectivity index (χ0v) is 21.4. The van der Waals surface area contributed by atoms with Crippen molar-refractivity contribution in [2.45, 2.75) is 45.8 Å². The second-order valence-electron chi connectivity index (χ2n) is 8.82. The Bertz CT molecular complexity index is 1300. The highest BCUT2D eigenvalue weighted by Crippen LogP contribution is 2.37. The van der Waals surface area contributed by atoms with Gasteiger partial charge in [-0.25, -0.2) is 0 Å². The van der Waals surface area contributed by atoms with E-state index in [1.54, 1.807) is 31.2 Å². The van der Waals surface area contributed by atoms with Crippen LogP contribution in [-0.2, 0) is 16.1 Å². The molecular weight excluding hydrogens is 485 g/mol. The van der Waals surface area contributed by atoms with Crippen LogP contribution in [0.25, 0.3) is 10.8 Å². The highest BCUT2D eigenvalue weighted by molar-refractivity contribution is 6.35. The second kappa shape index (κ2) is 10.3. The molecule has 0 aliphatic carbocycles. The summed E-state index contributed by atoms with van der Waals surface area (Å²) < 4.78 is 0. The quantitative estimate of drug-likeness (QED) is 0.437. The van der Waals surface area contributed by atoms with Crippen LogP contribution in [0.15, 0.2) is 54.6 Å². The molecule has 3 aromatic carbocycles. The Morgan fingerprint density at radius 3 is 2.46 bits per heavy atom. The van der Waals surface area contributed by atoms with Crippen LogP contribution in [0.2, 0.25) is 10.0 Å². The lowest BCUT2D eigenvalue weighted by molar-refractivity contribution is -0.139. The molecule has 8 heteroatoms. The van der Waals surface area contributed by atoms with Crippen molar-refractivity contribution in [1.29, 1.82) is 0 Å². The zero-order valence-electron chi connectivity index (χ0n) is 19.8. The first-order valence-electron chi connectivity index (χ1n) is 11.6. The van der Waals surface area contributed by atoms with Crippen LogP contribution in [0.5, 0.6) is 0 Å². The summed E-state index contributed by atoms with van der Waals surface area (Å²) in [5, 5.41) is 5.60. The third-order valence-corrected chi connectivity index (χ3v) is 7.05. The van der Waals surface area contributed by atoms with E-state index < -0.39 is 6.04 Å². The summed E-state index contributed by atoms with van der Waals surface area (Å²) in [5.74, 6) is -0.858. The van der Waals surface area contributed by atoms with Crippen molar-refractivity contribution < 1.29 is 14.4 Å². The molecule has 0 saturated heterocycles. The molecule has 4 rings (SSSR count). The number of carbonyl (C=O) groups excluding carboxylic acids is 3. The molecule has 182 valence electrons. The zero-order chi connectivity index (χ0) is 25.3. The Balaban J connectivity index is 1.64.